The first-order valence-corrected chi connectivity index (χ1v) is 7.68. The van der Waals surface area contributed by atoms with E-state index in [9.17, 15) is 12.8 Å². The van der Waals surface area contributed by atoms with Crippen LogP contribution in [0.3, 0.4) is 0 Å². The summed E-state index contributed by atoms with van der Waals surface area (Å²) in [5.74, 6) is 4.97. The Bertz CT molecular complexity index is 631. The third kappa shape index (κ3) is 3.69. The number of halogens is 1. The molecular weight excluding hydrogens is 269 g/mol. The van der Waals surface area contributed by atoms with Gasteiger partial charge in [-0.05, 0) is 24.6 Å². The number of hydrogen-bond donors (Lipinski definition) is 1. The molecule has 0 aromatic heterocycles. The van der Waals surface area contributed by atoms with E-state index in [1.807, 2.05) is 0 Å². The summed E-state index contributed by atoms with van der Waals surface area (Å²) in [6.07, 6.45) is -0.0993. The Morgan fingerprint density at radius 3 is 2.89 bits per heavy atom. The van der Waals surface area contributed by atoms with Gasteiger partial charge in [0.1, 0.15) is 6.10 Å². The highest BCUT2D eigenvalue weighted by Gasteiger charge is 2.29. The highest BCUT2D eigenvalue weighted by Crippen LogP contribution is 2.23. The summed E-state index contributed by atoms with van der Waals surface area (Å²) < 4.78 is 41.6. The molecule has 0 saturated carbocycles. The van der Waals surface area contributed by atoms with Gasteiger partial charge in [-0.2, -0.15) is 0 Å². The van der Waals surface area contributed by atoms with Gasteiger partial charge in [-0.15, -0.1) is 0 Å². The highest BCUT2D eigenvalue weighted by atomic mass is 32.2. The molecule has 0 radical (unpaired) electrons. The quantitative estimate of drug-likeness (QED) is 0.811. The van der Waals surface area contributed by atoms with Crippen molar-refractivity contribution in [1.82, 2.24) is 0 Å². The molecule has 1 aliphatic heterocycles. The van der Waals surface area contributed by atoms with Gasteiger partial charge in [0, 0.05) is 5.56 Å². The van der Waals surface area contributed by atoms with Gasteiger partial charge in [-0.1, -0.05) is 11.8 Å². The molecule has 4 nitrogen and oxygen atoms in total. The summed E-state index contributed by atoms with van der Waals surface area (Å²) in [6, 6.07) is 4.23. The molecule has 0 aliphatic carbocycles. The van der Waals surface area contributed by atoms with Crippen molar-refractivity contribution in [3.05, 3.63) is 29.6 Å². The molecule has 1 atom stereocenters. The van der Waals surface area contributed by atoms with Gasteiger partial charge in [0.25, 0.3) is 0 Å². The average Bonchev–Trinajstić information content (AvgIpc) is 2.70. The first-order valence-electron chi connectivity index (χ1n) is 5.86. The maximum Gasteiger partial charge on any atom is 0.165 e. The van der Waals surface area contributed by atoms with Gasteiger partial charge in [-0.3, -0.25) is 0 Å². The van der Waals surface area contributed by atoms with Crippen LogP contribution in [0.1, 0.15) is 12.0 Å². The fourth-order valence-corrected chi connectivity index (χ4v) is 3.45. The van der Waals surface area contributed by atoms with Crippen LogP contribution < -0.4 is 10.5 Å². The van der Waals surface area contributed by atoms with Crippen LogP contribution in [0, 0.1) is 17.7 Å². The molecule has 1 aromatic rings. The van der Waals surface area contributed by atoms with E-state index in [0.29, 0.717) is 12.0 Å². The van der Waals surface area contributed by atoms with E-state index in [4.69, 9.17) is 10.5 Å². The number of sulfone groups is 1. The Labute approximate surface area is 111 Å². The Hall–Kier alpha value is -1.58. The summed E-state index contributed by atoms with van der Waals surface area (Å²) in [5.41, 5.74) is 5.85. The van der Waals surface area contributed by atoms with E-state index in [2.05, 4.69) is 11.8 Å². The monoisotopic (exact) mass is 283 g/mol. The third-order valence-corrected chi connectivity index (χ3v) is 4.49. The summed E-state index contributed by atoms with van der Waals surface area (Å²) >= 11 is 0. The molecule has 1 aromatic carbocycles. The second-order valence-corrected chi connectivity index (χ2v) is 6.52. The van der Waals surface area contributed by atoms with E-state index < -0.39 is 21.8 Å². The molecule has 0 amide bonds. The van der Waals surface area contributed by atoms with Crippen molar-refractivity contribution in [1.29, 1.82) is 0 Å². The van der Waals surface area contributed by atoms with Crippen molar-refractivity contribution < 1.29 is 17.5 Å². The van der Waals surface area contributed by atoms with Crippen LogP contribution in [-0.2, 0) is 9.84 Å². The summed E-state index contributed by atoms with van der Waals surface area (Å²) in [5, 5.41) is 0. The summed E-state index contributed by atoms with van der Waals surface area (Å²) in [6.45, 7) is 0.217. The van der Waals surface area contributed by atoms with Crippen molar-refractivity contribution in [2.75, 3.05) is 18.1 Å². The minimum atomic E-state index is -3.04. The minimum absolute atomic E-state index is 0.0333. The lowest BCUT2D eigenvalue weighted by Crippen LogP contribution is -2.18. The zero-order valence-electron chi connectivity index (χ0n) is 10.2. The first kappa shape index (κ1) is 13.8. The van der Waals surface area contributed by atoms with Gasteiger partial charge in [-0.25, -0.2) is 12.8 Å². The van der Waals surface area contributed by atoms with Crippen LogP contribution in [0.2, 0.25) is 0 Å². The molecule has 2 N–H and O–H groups in total. The van der Waals surface area contributed by atoms with E-state index in [0.717, 1.165) is 0 Å². The minimum Gasteiger partial charge on any atom is -0.486 e. The van der Waals surface area contributed by atoms with Gasteiger partial charge in [0.2, 0.25) is 0 Å². The standard InChI is InChI=1S/C13H14FNO3S/c14-12-4-3-10(2-1-6-15)8-13(12)18-11-5-7-19(16,17)9-11/h3-4,8,11H,5-7,9,15H2. The van der Waals surface area contributed by atoms with Crippen molar-refractivity contribution in [3.8, 4) is 17.6 Å². The van der Waals surface area contributed by atoms with Crippen LogP contribution in [0.25, 0.3) is 0 Å². The van der Waals surface area contributed by atoms with Crippen molar-refractivity contribution in [2.24, 2.45) is 5.73 Å². The van der Waals surface area contributed by atoms with Crippen molar-refractivity contribution >= 4 is 9.84 Å². The van der Waals surface area contributed by atoms with Gasteiger partial charge in [0.05, 0.1) is 18.1 Å². The molecule has 0 bridgehead atoms. The fraction of sp³-hybridized carbons (Fsp3) is 0.385. The van der Waals surface area contributed by atoms with Gasteiger partial charge in [0.15, 0.2) is 21.4 Å². The van der Waals surface area contributed by atoms with E-state index in [1.165, 1.54) is 18.2 Å². The highest BCUT2D eigenvalue weighted by molar-refractivity contribution is 7.91. The van der Waals surface area contributed by atoms with Crippen molar-refractivity contribution in [3.63, 3.8) is 0 Å². The number of benzene rings is 1. The molecule has 1 saturated heterocycles. The van der Waals surface area contributed by atoms with E-state index in [1.54, 1.807) is 0 Å². The summed E-state index contributed by atoms with van der Waals surface area (Å²) in [4.78, 5) is 0. The van der Waals surface area contributed by atoms with Crippen molar-refractivity contribution in [2.45, 2.75) is 12.5 Å². The van der Waals surface area contributed by atoms with Crippen LogP contribution in [0.15, 0.2) is 18.2 Å². The smallest absolute Gasteiger partial charge is 0.165 e. The lowest BCUT2D eigenvalue weighted by atomic mass is 10.2. The molecule has 6 heteroatoms. The number of hydrogen-bond acceptors (Lipinski definition) is 4. The molecule has 19 heavy (non-hydrogen) atoms. The molecule has 1 fully saturated rings. The Balaban J connectivity index is 2.16. The second kappa shape index (κ2) is 5.59. The molecule has 2 rings (SSSR count). The normalized spacial score (nSPS) is 20.6. The number of nitrogens with two attached hydrogens (primary N) is 1. The maximum atomic E-state index is 13.6. The van der Waals surface area contributed by atoms with Gasteiger partial charge < -0.3 is 10.5 Å². The molecular formula is C13H14FNO3S. The van der Waals surface area contributed by atoms with Crippen LogP contribution in [0.5, 0.6) is 5.75 Å². The maximum absolute atomic E-state index is 13.6. The Morgan fingerprint density at radius 1 is 1.47 bits per heavy atom. The predicted molar refractivity (Wildman–Crippen MR) is 70.0 cm³/mol. The zero-order valence-corrected chi connectivity index (χ0v) is 11.0. The number of rotatable bonds is 2. The molecule has 1 heterocycles. The SMILES string of the molecule is NCC#Cc1ccc(F)c(OC2CCS(=O)(=O)C2)c1. The lowest BCUT2D eigenvalue weighted by molar-refractivity contribution is 0.218. The van der Waals surface area contributed by atoms with Gasteiger partial charge >= 0.3 is 0 Å². The first-order chi connectivity index (χ1) is 9.00. The fourth-order valence-electron chi connectivity index (χ4n) is 1.86. The van der Waals surface area contributed by atoms with Crippen LogP contribution in [0.4, 0.5) is 4.39 Å². The molecule has 1 aliphatic rings. The van der Waals surface area contributed by atoms with E-state index >= 15 is 0 Å². The second-order valence-electron chi connectivity index (χ2n) is 4.29. The summed E-state index contributed by atoms with van der Waals surface area (Å²) in [7, 11) is -3.04. The average molecular weight is 283 g/mol. The third-order valence-electron chi connectivity index (χ3n) is 2.75. The predicted octanol–water partition coefficient (Wildman–Crippen LogP) is 0.702. The Kier molecular flexibility index (Phi) is 4.08. The van der Waals surface area contributed by atoms with Crippen LogP contribution >= 0.6 is 0 Å². The Morgan fingerprint density at radius 2 is 2.26 bits per heavy atom. The number of ether oxygens (including phenoxy) is 1. The largest absolute Gasteiger partial charge is 0.486 e. The topological polar surface area (TPSA) is 69.4 Å². The zero-order chi connectivity index (χ0) is 13.9. The van der Waals surface area contributed by atoms with E-state index in [-0.39, 0.29) is 23.8 Å². The molecule has 0 spiro atoms. The molecule has 102 valence electrons. The lowest BCUT2D eigenvalue weighted by Gasteiger charge is -2.12. The molecule has 1 unspecified atom stereocenters. The van der Waals surface area contributed by atoms with Crippen LogP contribution in [-0.4, -0.2) is 32.6 Å².